The molecule has 1 amide bonds. The maximum Gasteiger partial charge on any atom is 0.234 e. The van der Waals surface area contributed by atoms with Crippen LogP contribution in [0.3, 0.4) is 0 Å². The standard InChI is InChI=1S/C23H30N2O4/c1-28-18-9-7-17(8-10-18)22-20-6-2-3-11-23(20,27)12-13-25(22)16-21(26)24-15-19-5-4-14-29-19/h4-5,7-10,14,20,22,27H,2-3,6,11-13,15-16H2,1H3,(H,24,26)/t20-,22-,23-/m1/s1. The number of benzene rings is 1. The molecule has 1 aromatic heterocycles. The Balaban J connectivity index is 1.52. The molecule has 2 fully saturated rings. The van der Waals surface area contributed by atoms with E-state index < -0.39 is 5.60 Å². The molecule has 0 spiro atoms. The van der Waals surface area contributed by atoms with Gasteiger partial charge in [-0.25, -0.2) is 0 Å². The van der Waals surface area contributed by atoms with Gasteiger partial charge in [0, 0.05) is 18.5 Å². The molecule has 1 aliphatic heterocycles. The number of furan rings is 1. The summed E-state index contributed by atoms with van der Waals surface area (Å²) >= 11 is 0. The van der Waals surface area contributed by atoms with Crippen LogP contribution in [-0.2, 0) is 11.3 Å². The van der Waals surface area contributed by atoms with E-state index in [4.69, 9.17) is 9.15 Å². The first kappa shape index (κ1) is 20.0. The Bertz CT molecular complexity index is 805. The monoisotopic (exact) mass is 398 g/mol. The van der Waals surface area contributed by atoms with Crippen molar-refractivity contribution in [2.75, 3.05) is 20.2 Å². The molecular weight excluding hydrogens is 368 g/mol. The van der Waals surface area contributed by atoms with Gasteiger partial charge in [-0.2, -0.15) is 0 Å². The molecule has 1 saturated heterocycles. The van der Waals surface area contributed by atoms with Crippen molar-refractivity contribution in [3.8, 4) is 5.75 Å². The van der Waals surface area contributed by atoms with Crippen LogP contribution in [0, 0.1) is 5.92 Å². The van der Waals surface area contributed by atoms with Gasteiger partial charge in [0.2, 0.25) is 5.91 Å². The molecule has 0 unspecified atom stereocenters. The third kappa shape index (κ3) is 4.33. The first-order chi connectivity index (χ1) is 14.1. The first-order valence-electron chi connectivity index (χ1n) is 10.5. The van der Waals surface area contributed by atoms with E-state index in [0.29, 0.717) is 19.6 Å². The third-order valence-corrected chi connectivity index (χ3v) is 6.52. The quantitative estimate of drug-likeness (QED) is 0.781. The smallest absolute Gasteiger partial charge is 0.234 e. The van der Waals surface area contributed by atoms with Gasteiger partial charge in [-0.3, -0.25) is 9.69 Å². The maximum absolute atomic E-state index is 12.6. The highest BCUT2D eigenvalue weighted by atomic mass is 16.5. The number of ether oxygens (including phenoxy) is 1. The molecule has 0 radical (unpaired) electrons. The van der Waals surface area contributed by atoms with Gasteiger partial charge in [-0.1, -0.05) is 25.0 Å². The zero-order valence-electron chi connectivity index (χ0n) is 17.0. The minimum Gasteiger partial charge on any atom is -0.497 e. The number of likely N-dealkylation sites (tertiary alicyclic amines) is 1. The van der Waals surface area contributed by atoms with Crippen LogP contribution < -0.4 is 10.1 Å². The second kappa shape index (κ2) is 8.59. The summed E-state index contributed by atoms with van der Waals surface area (Å²) in [6.07, 6.45) is 6.36. The fraction of sp³-hybridized carbons (Fsp3) is 0.522. The van der Waals surface area contributed by atoms with E-state index in [1.165, 1.54) is 0 Å². The molecule has 29 heavy (non-hydrogen) atoms. The Morgan fingerprint density at radius 3 is 2.83 bits per heavy atom. The van der Waals surface area contributed by atoms with Crippen LogP contribution in [0.1, 0.15) is 49.5 Å². The second-order valence-electron chi connectivity index (χ2n) is 8.25. The molecule has 1 aromatic carbocycles. The molecule has 2 aromatic rings. The van der Waals surface area contributed by atoms with Crippen molar-refractivity contribution in [1.82, 2.24) is 10.2 Å². The molecule has 156 valence electrons. The van der Waals surface area contributed by atoms with Crippen LogP contribution in [-0.4, -0.2) is 41.7 Å². The Hall–Kier alpha value is -2.31. The molecule has 4 rings (SSSR count). The first-order valence-corrected chi connectivity index (χ1v) is 10.5. The summed E-state index contributed by atoms with van der Waals surface area (Å²) < 4.78 is 10.6. The van der Waals surface area contributed by atoms with E-state index in [2.05, 4.69) is 22.3 Å². The summed E-state index contributed by atoms with van der Waals surface area (Å²) in [4.78, 5) is 14.9. The predicted octanol–water partition coefficient (Wildman–Crippen LogP) is 3.27. The molecule has 6 nitrogen and oxygen atoms in total. The minimum atomic E-state index is -0.635. The molecule has 2 N–H and O–H groups in total. The van der Waals surface area contributed by atoms with Crippen molar-refractivity contribution in [3.05, 3.63) is 54.0 Å². The maximum atomic E-state index is 12.6. The fourth-order valence-corrected chi connectivity index (χ4v) is 5.00. The van der Waals surface area contributed by atoms with Crippen molar-refractivity contribution in [1.29, 1.82) is 0 Å². The highest BCUT2D eigenvalue weighted by Gasteiger charge is 2.49. The van der Waals surface area contributed by atoms with E-state index in [9.17, 15) is 9.90 Å². The number of carbonyl (C=O) groups excluding carboxylic acids is 1. The zero-order chi connectivity index (χ0) is 20.3. The number of nitrogens with one attached hydrogen (secondary N) is 1. The van der Waals surface area contributed by atoms with E-state index in [1.807, 2.05) is 24.3 Å². The molecule has 1 saturated carbocycles. The van der Waals surface area contributed by atoms with Gasteiger partial charge in [-0.15, -0.1) is 0 Å². The van der Waals surface area contributed by atoms with Gasteiger partial charge in [0.1, 0.15) is 11.5 Å². The van der Waals surface area contributed by atoms with Crippen molar-refractivity contribution >= 4 is 5.91 Å². The zero-order valence-corrected chi connectivity index (χ0v) is 17.0. The van der Waals surface area contributed by atoms with Crippen LogP contribution in [0.2, 0.25) is 0 Å². The summed E-state index contributed by atoms with van der Waals surface area (Å²) in [7, 11) is 1.66. The normalized spacial score (nSPS) is 27.2. The van der Waals surface area contributed by atoms with Crippen molar-refractivity contribution < 1.29 is 19.1 Å². The highest BCUT2D eigenvalue weighted by molar-refractivity contribution is 5.78. The van der Waals surface area contributed by atoms with Gasteiger partial charge < -0.3 is 19.6 Å². The summed E-state index contributed by atoms with van der Waals surface area (Å²) in [6.45, 7) is 1.40. The number of hydrogen-bond acceptors (Lipinski definition) is 5. The molecule has 6 heteroatoms. The largest absolute Gasteiger partial charge is 0.497 e. The number of amides is 1. The molecule has 0 bridgehead atoms. The minimum absolute atomic E-state index is 0.0225. The molecule has 1 aliphatic carbocycles. The Morgan fingerprint density at radius 2 is 2.10 bits per heavy atom. The lowest BCUT2D eigenvalue weighted by molar-refractivity contribution is -0.138. The van der Waals surface area contributed by atoms with Gasteiger partial charge in [-0.05, 0) is 49.1 Å². The lowest BCUT2D eigenvalue weighted by Gasteiger charge is -2.52. The average Bonchev–Trinajstić information content (AvgIpc) is 3.26. The number of methoxy groups -OCH3 is 1. The van der Waals surface area contributed by atoms with Gasteiger partial charge in [0.15, 0.2) is 0 Å². The third-order valence-electron chi connectivity index (χ3n) is 6.52. The van der Waals surface area contributed by atoms with Crippen LogP contribution in [0.5, 0.6) is 5.75 Å². The summed E-state index contributed by atoms with van der Waals surface area (Å²) in [5.74, 6) is 1.66. The predicted molar refractivity (Wildman–Crippen MR) is 109 cm³/mol. The average molecular weight is 399 g/mol. The Kier molecular flexibility index (Phi) is 5.92. The molecular formula is C23H30N2O4. The molecule has 2 heterocycles. The number of piperidine rings is 1. The van der Waals surface area contributed by atoms with E-state index in [0.717, 1.165) is 49.2 Å². The lowest BCUT2D eigenvalue weighted by Crippen LogP contribution is -2.56. The number of carbonyl (C=O) groups is 1. The van der Waals surface area contributed by atoms with Crippen LogP contribution in [0.4, 0.5) is 0 Å². The van der Waals surface area contributed by atoms with Crippen LogP contribution in [0.25, 0.3) is 0 Å². The Labute approximate surface area is 171 Å². The van der Waals surface area contributed by atoms with Crippen molar-refractivity contribution in [2.45, 2.75) is 50.3 Å². The summed E-state index contributed by atoms with van der Waals surface area (Å²) in [5.41, 5.74) is 0.499. The SMILES string of the molecule is COc1ccc([C@@H]2[C@H]3CCCC[C@@]3(O)CCN2CC(=O)NCc2ccco2)cc1. The fourth-order valence-electron chi connectivity index (χ4n) is 5.00. The number of aliphatic hydroxyl groups is 1. The highest BCUT2D eigenvalue weighted by Crippen LogP contribution is 2.49. The number of fused-ring (bicyclic) bond motifs is 1. The number of hydrogen-bond donors (Lipinski definition) is 2. The number of nitrogens with zero attached hydrogens (tertiary/aromatic N) is 1. The second-order valence-corrected chi connectivity index (χ2v) is 8.25. The van der Waals surface area contributed by atoms with E-state index >= 15 is 0 Å². The van der Waals surface area contributed by atoms with Gasteiger partial charge in [0.05, 0.1) is 32.1 Å². The van der Waals surface area contributed by atoms with E-state index in [-0.39, 0.29) is 17.9 Å². The summed E-state index contributed by atoms with van der Waals surface area (Å²) in [5, 5.41) is 14.3. The van der Waals surface area contributed by atoms with Gasteiger partial charge >= 0.3 is 0 Å². The topological polar surface area (TPSA) is 74.9 Å². The molecule has 2 aliphatic rings. The number of rotatable bonds is 6. The van der Waals surface area contributed by atoms with Crippen molar-refractivity contribution in [3.63, 3.8) is 0 Å². The van der Waals surface area contributed by atoms with Crippen molar-refractivity contribution in [2.24, 2.45) is 5.92 Å². The van der Waals surface area contributed by atoms with Crippen LogP contribution >= 0.6 is 0 Å². The van der Waals surface area contributed by atoms with Crippen LogP contribution in [0.15, 0.2) is 47.1 Å². The summed E-state index contributed by atoms with van der Waals surface area (Å²) in [6, 6.07) is 11.7. The molecule has 3 atom stereocenters. The Morgan fingerprint density at radius 1 is 1.28 bits per heavy atom. The lowest BCUT2D eigenvalue weighted by atomic mass is 9.66. The van der Waals surface area contributed by atoms with Gasteiger partial charge in [0.25, 0.3) is 0 Å². The van der Waals surface area contributed by atoms with E-state index in [1.54, 1.807) is 13.4 Å².